The molecule has 0 radical (unpaired) electrons. The molecular weight excluding hydrogens is 422 g/mol. The lowest BCUT2D eigenvalue weighted by Gasteiger charge is -2.33. The number of nitrogens with two attached hydrogens (primary N) is 1. The van der Waals surface area contributed by atoms with E-state index in [1.165, 1.54) is 18.2 Å². The number of thiophene rings is 1. The van der Waals surface area contributed by atoms with Crippen molar-refractivity contribution in [3.63, 3.8) is 0 Å². The average Bonchev–Trinajstić information content (AvgIpc) is 2.97. The van der Waals surface area contributed by atoms with Gasteiger partial charge in [-0.05, 0) is 24.7 Å². The fourth-order valence-corrected chi connectivity index (χ4v) is 6.97. The first-order chi connectivity index (χ1) is 11.6. The van der Waals surface area contributed by atoms with Gasteiger partial charge in [-0.25, -0.2) is 22.0 Å². The summed E-state index contributed by atoms with van der Waals surface area (Å²) in [4.78, 5) is 0. The van der Waals surface area contributed by atoms with Crippen LogP contribution < -0.4 is 14.8 Å². The highest BCUT2D eigenvalue weighted by Gasteiger charge is 2.40. The number of hydrogen-bond acceptors (Lipinski definition) is 7. The first-order valence-corrected chi connectivity index (χ1v) is 11.2. The van der Waals surface area contributed by atoms with E-state index >= 15 is 0 Å². The van der Waals surface area contributed by atoms with Crippen LogP contribution in [0.25, 0.3) is 0 Å². The molecular formula is C14H18ClN3O5S3. The summed E-state index contributed by atoms with van der Waals surface area (Å²) in [6, 6.07) is 6.83. The minimum absolute atomic E-state index is 0. The molecule has 2 heterocycles. The number of phenols is 1. The van der Waals surface area contributed by atoms with Crippen LogP contribution in [-0.4, -0.2) is 35.0 Å². The molecule has 0 fully saturated rings. The highest BCUT2D eigenvalue weighted by atomic mass is 35.5. The lowest BCUT2D eigenvalue weighted by Crippen LogP contribution is -2.43. The first kappa shape index (κ1) is 20.9. The van der Waals surface area contributed by atoms with Crippen molar-refractivity contribution < 1.29 is 21.9 Å². The van der Waals surface area contributed by atoms with Crippen LogP contribution in [-0.2, 0) is 20.0 Å². The predicted octanol–water partition coefficient (Wildman–Crippen LogP) is 1.38. The zero-order valence-electron chi connectivity index (χ0n) is 13.6. The molecule has 0 saturated carbocycles. The number of rotatable bonds is 4. The number of hydrogen-bond donors (Lipinski definition) is 3. The van der Waals surface area contributed by atoms with Crippen molar-refractivity contribution in [2.45, 2.75) is 21.4 Å². The molecule has 1 atom stereocenters. The molecule has 1 aliphatic heterocycles. The minimum atomic E-state index is -4.01. The number of benzene rings is 1. The van der Waals surface area contributed by atoms with E-state index in [0.29, 0.717) is 29.1 Å². The highest BCUT2D eigenvalue weighted by molar-refractivity contribution is 7.96. The van der Waals surface area contributed by atoms with Gasteiger partial charge in [0, 0.05) is 11.6 Å². The van der Waals surface area contributed by atoms with Gasteiger partial charge in [0.05, 0.1) is 18.3 Å². The van der Waals surface area contributed by atoms with E-state index in [1.807, 2.05) is 6.92 Å². The van der Waals surface area contributed by atoms with Crippen LogP contribution in [0, 0.1) is 0 Å². The molecule has 3 rings (SSSR count). The quantitative estimate of drug-likeness (QED) is 0.659. The number of anilines is 1. The normalized spacial score (nSPS) is 18.8. The number of nitrogens with zero attached hydrogens (tertiary/aromatic N) is 1. The largest absolute Gasteiger partial charge is 0.508 e. The van der Waals surface area contributed by atoms with Gasteiger partial charge in [-0.15, -0.1) is 23.7 Å². The van der Waals surface area contributed by atoms with E-state index in [-0.39, 0.29) is 33.1 Å². The van der Waals surface area contributed by atoms with E-state index < -0.39 is 26.1 Å². The van der Waals surface area contributed by atoms with E-state index in [4.69, 9.17) is 5.14 Å². The number of likely N-dealkylation sites (N-methyl/N-ethyl adjacent to an activating group) is 1. The summed E-state index contributed by atoms with van der Waals surface area (Å²) < 4.78 is 50.2. The summed E-state index contributed by atoms with van der Waals surface area (Å²) in [5, 5.41) is 18.0. The van der Waals surface area contributed by atoms with Crippen LogP contribution >= 0.6 is 23.7 Å². The van der Waals surface area contributed by atoms with Gasteiger partial charge in [0.2, 0.25) is 10.0 Å². The fourth-order valence-electron chi connectivity index (χ4n) is 2.73. The Bertz CT molecular complexity index is 1020. The number of phenolic OH excluding ortho intramolecular Hbond substituents is 1. The fraction of sp³-hybridized carbons (Fsp3) is 0.286. The van der Waals surface area contributed by atoms with Crippen molar-refractivity contribution >= 4 is 49.5 Å². The van der Waals surface area contributed by atoms with Crippen molar-refractivity contribution in [3.8, 4) is 5.75 Å². The molecule has 0 unspecified atom stereocenters. The van der Waals surface area contributed by atoms with Gasteiger partial charge < -0.3 is 10.4 Å². The summed E-state index contributed by atoms with van der Waals surface area (Å²) >= 11 is 0.636. The highest BCUT2D eigenvalue weighted by Crippen LogP contribution is 2.42. The molecule has 1 aliphatic rings. The van der Waals surface area contributed by atoms with Gasteiger partial charge in [-0.1, -0.05) is 13.0 Å². The Hall–Kier alpha value is -1.37. The molecule has 0 bridgehead atoms. The topological polar surface area (TPSA) is 130 Å². The molecule has 12 heteroatoms. The Kier molecular flexibility index (Phi) is 5.90. The van der Waals surface area contributed by atoms with Gasteiger partial charge in [-0.2, -0.15) is 0 Å². The Morgan fingerprint density at radius 2 is 2.08 bits per heavy atom. The molecule has 144 valence electrons. The lowest BCUT2D eigenvalue weighted by molar-refractivity contribution is 0.475. The molecule has 8 nitrogen and oxygen atoms in total. The van der Waals surface area contributed by atoms with Crippen LogP contribution in [0.4, 0.5) is 5.69 Å². The van der Waals surface area contributed by atoms with Crippen LogP contribution in [0.5, 0.6) is 5.75 Å². The molecule has 0 saturated heterocycles. The number of nitrogens with one attached hydrogen (secondary N) is 1. The van der Waals surface area contributed by atoms with Crippen molar-refractivity contribution in [3.05, 3.63) is 35.9 Å². The summed E-state index contributed by atoms with van der Waals surface area (Å²) in [6.45, 7) is 2.51. The third kappa shape index (κ3) is 3.68. The summed E-state index contributed by atoms with van der Waals surface area (Å²) in [5.74, 6) is -0.0603. The SMILES string of the molecule is CCN[C@H]1CN(c2cccc(O)c2)S(=O)(=O)c2sc(S(N)(=O)=O)cc21.Cl. The molecule has 4 N–H and O–H groups in total. The van der Waals surface area contributed by atoms with Gasteiger partial charge in [0.25, 0.3) is 10.0 Å². The molecule has 1 aromatic heterocycles. The number of primary sulfonamides is 1. The van der Waals surface area contributed by atoms with Gasteiger partial charge >= 0.3 is 0 Å². The standard InChI is InChI=1S/C14H17N3O5S3.ClH/c1-2-16-12-8-17(9-4-3-5-10(18)6-9)25(21,22)14-11(12)7-13(23-14)24(15,19)20;/h3-7,12,16,18H,2,8H2,1H3,(H2,15,19,20);1H/t12-;/m0./s1. The minimum Gasteiger partial charge on any atom is -0.508 e. The molecule has 0 aliphatic carbocycles. The Morgan fingerprint density at radius 1 is 1.38 bits per heavy atom. The third-order valence-electron chi connectivity index (χ3n) is 3.80. The Balaban J connectivity index is 0.00000243. The van der Waals surface area contributed by atoms with Crippen molar-refractivity contribution in [1.82, 2.24) is 5.32 Å². The van der Waals surface area contributed by atoms with Gasteiger partial charge in [0.1, 0.15) is 14.2 Å². The first-order valence-electron chi connectivity index (χ1n) is 7.36. The van der Waals surface area contributed by atoms with Gasteiger partial charge in [-0.3, -0.25) is 4.31 Å². The second kappa shape index (κ2) is 7.33. The smallest absolute Gasteiger partial charge is 0.274 e. The van der Waals surface area contributed by atoms with E-state index in [9.17, 15) is 21.9 Å². The Labute approximate surface area is 162 Å². The summed E-state index contributed by atoms with van der Waals surface area (Å²) in [6.07, 6.45) is 0. The zero-order valence-corrected chi connectivity index (χ0v) is 16.9. The number of sulfonamides is 2. The molecule has 26 heavy (non-hydrogen) atoms. The zero-order chi connectivity index (χ0) is 18.4. The maximum atomic E-state index is 13.0. The Morgan fingerprint density at radius 3 is 2.65 bits per heavy atom. The van der Waals surface area contributed by atoms with E-state index in [2.05, 4.69) is 5.32 Å². The number of fused-ring (bicyclic) bond motifs is 1. The monoisotopic (exact) mass is 439 g/mol. The van der Waals surface area contributed by atoms with Crippen molar-refractivity contribution in [2.24, 2.45) is 5.14 Å². The predicted molar refractivity (Wildman–Crippen MR) is 102 cm³/mol. The van der Waals surface area contributed by atoms with Crippen LogP contribution in [0.2, 0.25) is 0 Å². The molecule has 0 amide bonds. The molecule has 2 aromatic rings. The summed E-state index contributed by atoms with van der Waals surface area (Å²) in [5.41, 5.74) is 0.700. The maximum absolute atomic E-state index is 13.0. The molecule has 0 spiro atoms. The number of halogens is 1. The molecule has 1 aromatic carbocycles. The second-order valence-corrected chi connectivity index (χ2v) is 10.4. The van der Waals surface area contributed by atoms with Crippen LogP contribution in [0.3, 0.4) is 0 Å². The van der Waals surface area contributed by atoms with Crippen LogP contribution in [0.1, 0.15) is 18.5 Å². The van der Waals surface area contributed by atoms with Crippen molar-refractivity contribution in [2.75, 3.05) is 17.4 Å². The number of aromatic hydroxyl groups is 1. The third-order valence-corrected chi connectivity index (χ3v) is 8.69. The van der Waals surface area contributed by atoms with E-state index in [0.717, 1.165) is 4.31 Å². The summed E-state index contributed by atoms with van der Waals surface area (Å²) in [7, 11) is -7.97. The maximum Gasteiger partial charge on any atom is 0.274 e. The van der Waals surface area contributed by atoms with Crippen molar-refractivity contribution in [1.29, 1.82) is 0 Å². The van der Waals surface area contributed by atoms with Crippen LogP contribution in [0.15, 0.2) is 38.8 Å². The average molecular weight is 440 g/mol. The van der Waals surface area contributed by atoms with E-state index in [1.54, 1.807) is 12.1 Å². The lowest BCUT2D eigenvalue weighted by atomic mass is 10.1. The van der Waals surface area contributed by atoms with Gasteiger partial charge in [0.15, 0.2) is 0 Å². The second-order valence-electron chi connectivity index (χ2n) is 5.52.